The number of carbonyl (C=O) groups excluding carboxylic acids is 1. The van der Waals surface area contributed by atoms with E-state index in [-0.39, 0.29) is 23.9 Å². The molecule has 4 rings (SSSR count). The summed E-state index contributed by atoms with van der Waals surface area (Å²) in [5, 5.41) is 5.49. The van der Waals surface area contributed by atoms with Crippen LogP contribution in [0.25, 0.3) is 10.2 Å². The first kappa shape index (κ1) is 15.8. The second-order valence-corrected chi connectivity index (χ2v) is 6.82. The number of hydrogen-bond donors (Lipinski definition) is 1. The molecule has 3 heterocycles. The van der Waals surface area contributed by atoms with Gasteiger partial charge in [-0.15, -0.1) is 11.3 Å². The summed E-state index contributed by atoms with van der Waals surface area (Å²) >= 11 is 1.44. The fraction of sp³-hybridized carbons (Fsp3) is 0.278. The van der Waals surface area contributed by atoms with Gasteiger partial charge < -0.3 is 10.1 Å². The lowest BCUT2D eigenvalue weighted by Crippen LogP contribution is -2.33. The van der Waals surface area contributed by atoms with Gasteiger partial charge in [-0.25, -0.2) is 4.98 Å². The number of carbonyl (C=O) groups is 1. The average molecular weight is 355 g/mol. The van der Waals surface area contributed by atoms with Crippen LogP contribution in [0.5, 0.6) is 5.75 Å². The van der Waals surface area contributed by atoms with Gasteiger partial charge in [-0.2, -0.15) is 0 Å². The van der Waals surface area contributed by atoms with Gasteiger partial charge in [0.2, 0.25) is 5.91 Å². The molecule has 1 unspecified atom stereocenters. The number of benzene rings is 1. The van der Waals surface area contributed by atoms with Gasteiger partial charge >= 0.3 is 0 Å². The van der Waals surface area contributed by atoms with Gasteiger partial charge in [-0.05, 0) is 17.5 Å². The molecule has 128 valence electrons. The molecule has 0 aliphatic carbocycles. The van der Waals surface area contributed by atoms with Crippen molar-refractivity contribution in [1.29, 1.82) is 0 Å². The number of fused-ring (bicyclic) bond motifs is 2. The SMILES string of the molecule is O=C(CCn1cnc2sccc2c1=O)NC1CCOc2ccccc21. The van der Waals surface area contributed by atoms with Crippen molar-refractivity contribution in [3.63, 3.8) is 0 Å². The Hall–Kier alpha value is -2.67. The molecule has 0 bridgehead atoms. The molecule has 1 amide bonds. The Balaban J connectivity index is 1.43. The van der Waals surface area contributed by atoms with Crippen LogP contribution in [0, 0.1) is 0 Å². The molecule has 3 aromatic rings. The zero-order valence-corrected chi connectivity index (χ0v) is 14.3. The van der Waals surface area contributed by atoms with E-state index in [9.17, 15) is 9.59 Å². The van der Waals surface area contributed by atoms with E-state index in [0.717, 1.165) is 22.6 Å². The van der Waals surface area contributed by atoms with Crippen molar-refractivity contribution >= 4 is 27.5 Å². The smallest absolute Gasteiger partial charge is 0.262 e. The van der Waals surface area contributed by atoms with Gasteiger partial charge in [0, 0.05) is 24.9 Å². The molecular weight excluding hydrogens is 338 g/mol. The molecule has 1 aromatic carbocycles. The van der Waals surface area contributed by atoms with E-state index in [1.165, 1.54) is 22.2 Å². The number of aromatic nitrogens is 2. The lowest BCUT2D eigenvalue weighted by molar-refractivity contribution is -0.122. The molecule has 6 nitrogen and oxygen atoms in total. The summed E-state index contributed by atoms with van der Waals surface area (Å²) in [5.41, 5.74) is 0.899. The number of aryl methyl sites for hydroxylation is 1. The van der Waals surface area contributed by atoms with E-state index < -0.39 is 0 Å². The van der Waals surface area contributed by atoms with Crippen molar-refractivity contribution in [3.05, 3.63) is 58.0 Å². The summed E-state index contributed by atoms with van der Waals surface area (Å²) in [6, 6.07) is 9.46. The maximum atomic E-state index is 12.3. The van der Waals surface area contributed by atoms with Crippen molar-refractivity contribution in [2.45, 2.75) is 25.4 Å². The molecule has 0 fully saturated rings. The third-order valence-electron chi connectivity index (χ3n) is 4.32. The first-order valence-corrected chi connectivity index (χ1v) is 9.04. The van der Waals surface area contributed by atoms with E-state index in [1.54, 1.807) is 6.07 Å². The summed E-state index contributed by atoms with van der Waals surface area (Å²) in [6.45, 7) is 0.897. The average Bonchev–Trinajstić information content (AvgIpc) is 3.11. The summed E-state index contributed by atoms with van der Waals surface area (Å²) in [4.78, 5) is 29.7. The van der Waals surface area contributed by atoms with Crippen molar-refractivity contribution < 1.29 is 9.53 Å². The molecule has 1 aliphatic rings. The lowest BCUT2D eigenvalue weighted by atomic mass is 10.0. The predicted molar refractivity (Wildman–Crippen MR) is 95.9 cm³/mol. The second kappa shape index (κ2) is 6.68. The zero-order valence-electron chi connectivity index (χ0n) is 13.5. The molecule has 1 aliphatic heterocycles. The number of amides is 1. The van der Waals surface area contributed by atoms with Gasteiger partial charge in [-0.3, -0.25) is 14.2 Å². The molecule has 1 atom stereocenters. The summed E-state index contributed by atoms with van der Waals surface area (Å²) in [6.07, 6.45) is 2.49. The first-order chi connectivity index (χ1) is 12.2. The number of ether oxygens (including phenoxy) is 1. The highest BCUT2D eigenvalue weighted by molar-refractivity contribution is 7.16. The minimum absolute atomic E-state index is 0.0494. The predicted octanol–water partition coefficient (Wildman–Crippen LogP) is 2.49. The summed E-state index contributed by atoms with van der Waals surface area (Å²) in [7, 11) is 0. The molecule has 2 aromatic heterocycles. The monoisotopic (exact) mass is 355 g/mol. The van der Waals surface area contributed by atoms with Crippen LogP contribution in [0.15, 0.2) is 46.8 Å². The highest BCUT2D eigenvalue weighted by Crippen LogP contribution is 2.31. The normalized spacial score (nSPS) is 16.2. The largest absolute Gasteiger partial charge is 0.493 e. The molecule has 1 N–H and O–H groups in total. The van der Waals surface area contributed by atoms with E-state index in [1.807, 2.05) is 29.6 Å². The van der Waals surface area contributed by atoms with E-state index in [4.69, 9.17) is 4.74 Å². The van der Waals surface area contributed by atoms with E-state index >= 15 is 0 Å². The number of rotatable bonds is 4. The highest BCUT2D eigenvalue weighted by Gasteiger charge is 2.22. The Labute approximate surface area is 148 Å². The molecule has 25 heavy (non-hydrogen) atoms. The fourth-order valence-corrected chi connectivity index (χ4v) is 3.76. The zero-order chi connectivity index (χ0) is 17.2. The third-order valence-corrected chi connectivity index (χ3v) is 5.14. The standard InChI is InChI=1S/C18H17N3O3S/c22-16(20-14-6-9-24-15-4-2-1-3-12(14)15)5-8-21-11-19-17-13(18(21)23)7-10-25-17/h1-4,7,10-11,14H,5-6,8-9H2,(H,20,22). The van der Waals surface area contributed by atoms with Crippen molar-refractivity contribution in [2.24, 2.45) is 0 Å². The van der Waals surface area contributed by atoms with Gasteiger partial charge in [0.15, 0.2) is 0 Å². The van der Waals surface area contributed by atoms with Crippen molar-refractivity contribution in [1.82, 2.24) is 14.9 Å². The van der Waals surface area contributed by atoms with Crippen LogP contribution < -0.4 is 15.6 Å². The van der Waals surface area contributed by atoms with Gasteiger partial charge in [0.25, 0.3) is 5.56 Å². The Kier molecular flexibility index (Phi) is 4.23. The number of thiophene rings is 1. The molecule has 0 spiro atoms. The molecule has 0 saturated heterocycles. The number of nitrogens with zero attached hydrogens (tertiary/aromatic N) is 2. The number of para-hydroxylation sites is 1. The highest BCUT2D eigenvalue weighted by atomic mass is 32.1. The second-order valence-electron chi connectivity index (χ2n) is 5.93. The molecular formula is C18H17N3O3S. The summed E-state index contributed by atoms with van der Waals surface area (Å²) < 4.78 is 7.10. The van der Waals surface area contributed by atoms with Crippen LogP contribution in [0.3, 0.4) is 0 Å². The lowest BCUT2D eigenvalue weighted by Gasteiger charge is -2.26. The van der Waals surface area contributed by atoms with Gasteiger partial charge in [0.05, 0.1) is 24.4 Å². The topological polar surface area (TPSA) is 73.2 Å². The Morgan fingerprint density at radius 1 is 1.36 bits per heavy atom. The maximum absolute atomic E-state index is 12.3. The first-order valence-electron chi connectivity index (χ1n) is 8.16. The number of hydrogen-bond acceptors (Lipinski definition) is 5. The van der Waals surface area contributed by atoms with Crippen LogP contribution in [0.1, 0.15) is 24.4 Å². The quantitative estimate of drug-likeness (QED) is 0.780. The Morgan fingerprint density at radius 2 is 2.24 bits per heavy atom. The van der Waals surface area contributed by atoms with E-state index in [2.05, 4.69) is 10.3 Å². The molecule has 0 saturated carbocycles. The Morgan fingerprint density at radius 3 is 3.16 bits per heavy atom. The van der Waals surface area contributed by atoms with E-state index in [0.29, 0.717) is 18.5 Å². The van der Waals surface area contributed by atoms with Gasteiger partial charge in [-0.1, -0.05) is 18.2 Å². The minimum Gasteiger partial charge on any atom is -0.493 e. The van der Waals surface area contributed by atoms with Crippen molar-refractivity contribution in [2.75, 3.05) is 6.61 Å². The van der Waals surface area contributed by atoms with Crippen LogP contribution in [0.2, 0.25) is 0 Å². The number of nitrogens with one attached hydrogen (secondary N) is 1. The van der Waals surface area contributed by atoms with Crippen LogP contribution in [-0.2, 0) is 11.3 Å². The van der Waals surface area contributed by atoms with Gasteiger partial charge in [0.1, 0.15) is 10.6 Å². The Bertz CT molecular complexity index is 979. The van der Waals surface area contributed by atoms with Crippen LogP contribution >= 0.6 is 11.3 Å². The maximum Gasteiger partial charge on any atom is 0.262 e. The minimum atomic E-state index is -0.101. The molecule has 0 radical (unpaired) electrons. The van der Waals surface area contributed by atoms with Crippen molar-refractivity contribution in [3.8, 4) is 5.75 Å². The summed E-state index contributed by atoms with van der Waals surface area (Å²) in [5.74, 6) is 0.737. The van der Waals surface area contributed by atoms with Crippen LogP contribution in [0.4, 0.5) is 0 Å². The van der Waals surface area contributed by atoms with Crippen LogP contribution in [-0.4, -0.2) is 22.1 Å². The fourth-order valence-electron chi connectivity index (χ4n) is 3.03. The third kappa shape index (κ3) is 3.15. The molecule has 7 heteroatoms.